The highest BCUT2D eigenvalue weighted by atomic mass is 16.5. The molecule has 2 atom stereocenters. The molecule has 1 saturated heterocycles. The summed E-state index contributed by atoms with van der Waals surface area (Å²) in [7, 11) is 0. The maximum absolute atomic E-state index is 5.67. The third-order valence-corrected chi connectivity index (χ3v) is 4.07. The zero-order chi connectivity index (χ0) is 11.2. The maximum atomic E-state index is 5.67. The topological polar surface area (TPSA) is 21.3 Å². The summed E-state index contributed by atoms with van der Waals surface area (Å²) in [6, 6.07) is 1.47. The lowest BCUT2D eigenvalue weighted by Crippen LogP contribution is -2.38. The summed E-state index contributed by atoms with van der Waals surface area (Å²) in [6.45, 7) is 3.33. The first kappa shape index (κ1) is 12.4. The minimum absolute atomic E-state index is 0.565. The van der Waals surface area contributed by atoms with Crippen molar-refractivity contribution in [1.82, 2.24) is 5.32 Å². The van der Waals surface area contributed by atoms with E-state index >= 15 is 0 Å². The van der Waals surface area contributed by atoms with Gasteiger partial charge in [0.05, 0.1) is 6.10 Å². The molecular formula is C14H27NO. The van der Waals surface area contributed by atoms with E-state index in [-0.39, 0.29) is 0 Å². The number of ether oxygens (including phenoxy) is 1. The van der Waals surface area contributed by atoms with Crippen LogP contribution < -0.4 is 5.32 Å². The van der Waals surface area contributed by atoms with Crippen molar-refractivity contribution in [3.8, 4) is 0 Å². The molecule has 2 heteroatoms. The molecule has 2 fully saturated rings. The van der Waals surface area contributed by atoms with E-state index in [4.69, 9.17) is 4.74 Å². The van der Waals surface area contributed by atoms with E-state index in [1.54, 1.807) is 0 Å². The second kappa shape index (κ2) is 6.61. The van der Waals surface area contributed by atoms with Crippen molar-refractivity contribution in [3.63, 3.8) is 0 Å². The van der Waals surface area contributed by atoms with Crippen molar-refractivity contribution >= 4 is 0 Å². The fourth-order valence-corrected chi connectivity index (χ4v) is 3.06. The van der Waals surface area contributed by atoms with Crippen LogP contribution in [0, 0.1) is 0 Å². The highest BCUT2D eigenvalue weighted by Crippen LogP contribution is 2.20. The van der Waals surface area contributed by atoms with Crippen LogP contribution in [0.25, 0.3) is 0 Å². The average molecular weight is 225 g/mol. The SMILES string of the molecule is CC(CCC1CCCO1)NC1CCCCC1. The van der Waals surface area contributed by atoms with Crippen molar-refractivity contribution in [2.45, 2.75) is 82.9 Å². The van der Waals surface area contributed by atoms with Gasteiger partial charge in [0, 0.05) is 18.7 Å². The summed E-state index contributed by atoms with van der Waals surface area (Å²) in [4.78, 5) is 0. The Bertz CT molecular complexity index is 183. The molecule has 1 heterocycles. The lowest BCUT2D eigenvalue weighted by Gasteiger charge is -2.27. The van der Waals surface area contributed by atoms with Gasteiger partial charge in [-0.1, -0.05) is 19.3 Å². The quantitative estimate of drug-likeness (QED) is 0.775. The Morgan fingerprint density at radius 3 is 2.62 bits per heavy atom. The van der Waals surface area contributed by atoms with Gasteiger partial charge in [-0.05, 0) is 45.4 Å². The van der Waals surface area contributed by atoms with E-state index in [2.05, 4.69) is 12.2 Å². The molecule has 94 valence electrons. The molecular weight excluding hydrogens is 198 g/mol. The molecule has 0 radical (unpaired) electrons. The molecule has 0 spiro atoms. The molecule has 16 heavy (non-hydrogen) atoms. The zero-order valence-electron chi connectivity index (χ0n) is 10.7. The van der Waals surface area contributed by atoms with E-state index in [9.17, 15) is 0 Å². The van der Waals surface area contributed by atoms with E-state index in [1.165, 1.54) is 57.8 Å². The molecule has 0 aromatic carbocycles. The van der Waals surface area contributed by atoms with Crippen molar-refractivity contribution in [2.24, 2.45) is 0 Å². The average Bonchev–Trinajstić information content (AvgIpc) is 2.81. The van der Waals surface area contributed by atoms with Crippen LogP contribution >= 0.6 is 0 Å². The second-order valence-corrected chi connectivity index (χ2v) is 5.62. The fraction of sp³-hybridized carbons (Fsp3) is 1.00. The van der Waals surface area contributed by atoms with Gasteiger partial charge >= 0.3 is 0 Å². The monoisotopic (exact) mass is 225 g/mol. The predicted molar refractivity (Wildman–Crippen MR) is 67.7 cm³/mol. The largest absolute Gasteiger partial charge is 0.378 e. The Hall–Kier alpha value is -0.0800. The van der Waals surface area contributed by atoms with E-state index < -0.39 is 0 Å². The molecule has 2 rings (SSSR count). The van der Waals surface area contributed by atoms with Crippen LogP contribution in [0.3, 0.4) is 0 Å². The highest BCUT2D eigenvalue weighted by Gasteiger charge is 2.18. The van der Waals surface area contributed by atoms with Crippen molar-refractivity contribution < 1.29 is 4.74 Å². The molecule has 1 N–H and O–H groups in total. The van der Waals surface area contributed by atoms with Gasteiger partial charge in [0.2, 0.25) is 0 Å². The first-order valence-electron chi connectivity index (χ1n) is 7.22. The van der Waals surface area contributed by atoms with Crippen LogP contribution in [0.15, 0.2) is 0 Å². The molecule has 0 amide bonds. The summed E-state index contributed by atoms with van der Waals surface area (Å²) in [5.41, 5.74) is 0. The second-order valence-electron chi connectivity index (χ2n) is 5.62. The summed E-state index contributed by atoms with van der Waals surface area (Å²) in [5.74, 6) is 0. The lowest BCUT2D eigenvalue weighted by atomic mass is 9.94. The van der Waals surface area contributed by atoms with Gasteiger partial charge in [-0.3, -0.25) is 0 Å². The molecule has 2 nitrogen and oxygen atoms in total. The fourth-order valence-electron chi connectivity index (χ4n) is 3.06. The maximum Gasteiger partial charge on any atom is 0.0576 e. The normalized spacial score (nSPS) is 29.4. The van der Waals surface area contributed by atoms with E-state index in [1.807, 2.05) is 0 Å². The Kier molecular flexibility index (Phi) is 5.11. The van der Waals surface area contributed by atoms with Crippen molar-refractivity contribution in [1.29, 1.82) is 0 Å². The summed E-state index contributed by atoms with van der Waals surface area (Å²) >= 11 is 0. The Labute approximate surface area is 100 Å². The molecule has 0 aromatic rings. The minimum Gasteiger partial charge on any atom is -0.378 e. The van der Waals surface area contributed by atoms with E-state index in [0.29, 0.717) is 12.1 Å². The van der Waals surface area contributed by atoms with Gasteiger partial charge in [-0.25, -0.2) is 0 Å². The zero-order valence-corrected chi connectivity index (χ0v) is 10.7. The van der Waals surface area contributed by atoms with Crippen LogP contribution in [0.5, 0.6) is 0 Å². The standard InChI is InChI=1S/C14H27NO/c1-12(9-10-14-8-5-11-16-14)15-13-6-3-2-4-7-13/h12-15H,2-11H2,1H3. The number of hydrogen-bond acceptors (Lipinski definition) is 2. The van der Waals surface area contributed by atoms with Gasteiger partial charge in [0.15, 0.2) is 0 Å². The van der Waals surface area contributed by atoms with Crippen LogP contribution in [0.4, 0.5) is 0 Å². The van der Waals surface area contributed by atoms with Crippen LogP contribution in [-0.2, 0) is 4.74 Å². The van der Waals surface area contributed by atoms with Crippen molar-refractivity contribution in [2.75, 3.05) is 6.61 Å². The predicted octanol–water partition coefficient (Wildman–Crippen LogP) is 3.26. The Morgan fingerprint density at radius 2 is 1.94 bits per heavy atom. The lowest BCUT2D eigenvalue weighted by molar-refractivity contribution is 0.0994. The van der Waals surface area contributed by atoms with Crippen molar-refractivity contribution in [3.05, 3.63) is 0 Å². The Balaban J connectivity index is 1.57. The number of nitrogens with one attached hydrogen (secondary N) is 1. The van der Waals surface area contributed by atoms with E-state index in [0.717, 1.165) is 12.6 Å². The molecule has 1 aliphatic carbocycles. The van der Waals surface area contributed by atoms with Crippen LogP contribution in [0.1, 0.15) is 64.7 Å². The third kappa shape index (κ3) is 4.06. The van der Waals surface area contributed by atoms with Gasteiger partial charge in [-0.2, -0.15) is 0 Å². The third-order valence-electron chi connectivity index (χ3n) is 4.07. The first-order valence-corrected chi connectivity index (χ1v) is 7.22. The summed E-state index contributed by atoms with van der Waals surface area (Å²) < 4.78 is 5.67. The highest BCUT2D eigenvalue weighted by molar-refractivity contribution is 4.76. The minimum atomic E-state index is 0.565. The summed E-state index contributed by atoms with van der Waals surface area (Å²) in [6.07, 6.45) is 12.7. The smallest absolute Gasteiger partial charge is 0.0576 e. The molecule has 1 aliphatic heterocycles. The Morgan fingerprint density at radius 1 is 1.12 bits per heavy atom. The van der Waals surface area contributed by atoms with Crippen LogP contribution in [-0.4, -0.2) is 24.8 Å². The molecule has 2 unspecified atom stereocenters. The van der Waals surface area contributed by atoms with Gasteiger partial charge in [-0.15, -0.1) is 0 Å². The molecule has 1 saturated carbocycles. The summed E-state index contributed by atoms with van der Waals surface area (Å²) in [5, 5.41) is 3.79. The number of rotatable bonds is 5. The van der Waals surface area contributed by atoms with Gasteiger partial charge in [0.25, 0.3) is 0 Å². The molecule has 0 bridgehead atoms. The number of hydrogen-bond donors (Lipinski definition) is 1. The molecule has 2 aliphatic rings. The van der Waals surface area contributed by atoms with Gasteiger partial charge in [0.1, 0.15) is 0 Å². The van der Waals surface area contributed by atoms with Gasteiger partial charge < -0.3 is 10.1 Å². The molecule has 0 aromatic heterocycles. The first-order chi connectivity index (χ1) is 7.84. The van der Waals surface area contributed by atoms with Crippen LogP contribution in [0.2, 0.25) is 0 Å².